The van der Waals surface area contributed by atoms with Crippen LogP contribution >= 0.6 is 11.6 Å². The van der Waals surface area contributed by atoms with E-state index in [0.29, 0.717) is 35.6 Å². The van der Waals surface area contributed by atoms with Crippen molar-refractivity contribution < 1.29 is 14.3 Å². The molecule has 0 aromatic heterocycles. The van der Waals surface area contributed by atoms with Crippen molar-refractivity contribution in [2.45, 2.75) is 52.1 Å². The van der Waals surface area contributed by atoms with Gasteiger partial charge in [-0.3, -0.25) is 4.79 Å². The number of carbonyl (C=O) groups is 1. The molecule has 0 saturated heterocycles. The van der Waals surface area contributed by atoms with Gasteiger partial charge in [0.1, 0.15) is 11.4 Å². The molecular weight excluding hydrogens is 314 g/mol. The summed E-state index contributed by atoms with van der Waals surface area (Å²) >= 11 is 6.21. The lowest BCUT2D eigenvalue weighted by Gasteiger charge is -2.28. The average Bonchev–Trinajstić information content (AvgIpc) is 3.37. The summed E-state index contributed by atoms with van der Waals surface area (Å²) in [5.41, 5.74) is -0.101. The van der Waals surface area contributed by atoms with E-state index in [1.807, 2.05) is 26.8 Å². The standard InChI is InChI=1S/C18H26ClNO3/c1-4-10-22-16-9-8-14(12-15(16)19)20-17(21)18(3,13-6-7-13)23-11-5-2/h8-9,12-13H,4-7,10-11H2,1-3H3,(H,20,21)/t18-/m0/s1. The number of rotatable bonds is 9. The Balaban J connectivity index is 2.05. The molecule has 5 heteroatoms. The highest BCUT2D eigenvalue weighted by Gasteiger charge is 2.48. The zero-order valence-corrected chi connectivity index (χ0v) is 14.9. The molecular formula is C18H26ClNO3. The lowest BCUT2D eigenvalue weighted by Crippen LogP contribution is -2.45. The number of carbonyl (C=O) groups excluding carboxylic acids is 1. The Morgan fingerprint density at radius 2 is 2.00 bits per heavy atom. The molecule has 1 aliphatic carbocycles. The number of hydrogen-bond acceptors (Lipinski definition) is 3. The SMILES string of the molecule is CCCOc1ccc(NC(=O)[C@@](C)(OCCC)C2CC2)cc1Cl. The van der Waals surface area contributed by atoms with E-state index in [2.05, 4.69) is 5.32 Å². The predicted molar refractivity (Wildman–Crippen MR) is 93.2 cm³/mol. The Kier molecular flexibility index (Phi) is 6.31. The minimum atomic E-state index is -0.764. The fourth-order valence-corrected chi connectivity index (χ4v) is 2.72. The van der Waals surface area contributed by atoms with Crippen LogP contribution in [0.3, 0.4) is 0 Å². The zero-order valence-electron chi connectivity index (χ0n) is 14.2. The van der Waals surface area contributed by atoms with Crippen LogP contribution in [0.25, 0.3) is 0 Å². The first-order chi connectivity index (χ1) is 11.0. The van der Waals surface area contributed by atoms with Crippen LogP contribution in [0, 0.1) is 5.92 Å². The van der Waals surface area contributed by atoms with Crippen molar-refractivity contribution in [2.75, 3.05) is 18.5 Å². The molecule has 0 spiro atoms. The van der Waals surface area contributed by atoms with Crippen LogP contribution in [0.4, 0.5) is 5.69 Å². The molecule has 1 atom stereocenters. The first-order valence-electron chi connectivity index (χ1n) is 8.39. The minimum Gasteiger partial charge on any atom is -0.492 e. The van der Waals surface area contributed by atoms with E-state index in [1.165, 1.54) is 0 Å². The van der Waals surface area contributed by atoms with Gasteiger partial charge in [-0.25, -0.2) is 0 Å². The Bertz CT molecular complexity index is 545. The van der Waals surface area contributed by atoms with Crippen molar-refractivity contribution in [3.8, 4) is 5.75 Å². The van der Waals surface area contributed by atoms with Gasteiger partial charge in [-0.15, -0.1) is 0 Å². The van der Waals surface area contributed by atoms with Gasteiger partial charge in [-0.2, -0.15) is 0 Å². The number of hydrogen-bond donors (Lipinski definition) is 1. The number of benzene rings is 1. The normalized spacial score (nSPS) is 16.7. The highest BCUT2D eigenvalue weighted by molar-refractivity contribution is 6.32. The molecule has 23 heavy (non-hydrogen) atoms. The van der Waals surface area contributed by atoms with Gasteiger partial charge in [0, 0.05) is 12.3 Å². The first kappa shape index (κ1) is 18.1. The molecule has 0 unspecified atom stereocenters. The van der Waals surface area contributed by atoms with Gasteiger partial charge < -0.3 is 14.8 Å². The Morgan fingerprint density at radius 1 is 1.30 bits per heavy atom. The quantitative estimate of drug-likeness (QED) is 0.711. The molecule has 1 aromatic carbocycles. The number of anilines is 1. The third-order valence-corrected chi connectivity index (χ3v) is 4.36. The molecule has 0 bridgehead atoms. The van der Waals surface area contributed by atoms with Gasteiger partial charge in [-0.05, 0) is 56.7 Å². The fourth-order valence-electron chi connectivity index (χ4n) is 2.48. The summed E-state index contributed by atoms with van der Waals surface area (Å²) in [6.45, 7) is 7.18. The number of halogens is 1. The predicted octanol–water partition coefficient (Wildman–Crippen LogP) is 4.66. The van der Waals surface area contributed by atoms with E-state index in [1.54, 1.807) is 12.1 Å². The van der Waals surface area contributed by atoms with Crippen molar-refractivity contribution in [1.29, 1.82) is 0 Å². The minimum absolute atomic E-state index is 0.105. The largest absolute Gasteiger partial charge is 0.492 e. The molecule has 128 valence electrons. The molecule has 1 aromatic rings. The lowest BCUT2D eigenvalue weighted by atomic mass is 9.98. The summed E-state index contributed by atoms with van der Waals surface area (Å²) in [5.74, 6) is 0.835. The average molecular weight is 340 g/mol. The van der Waals surface area contributed by atoms with Gasteiger partial charge in [0.05, 0.1) is 11.6 Å². The third kappa shape index (κ3) is 4.61. The van der Waals surface area contributed by atoms with Crippen LogP contribution in [-0.4, -0.2) is 24.7 Å². The lowest BCUT2D eigenvalue weighted by molar-refractivity contribution is -0.142. The maximum absolute atomic E-state index is 12.7. The number of ether oxygens (including phenoxy) is 2. The topological polar surface area (TPSA) is 47.6 Å². The highest BCUT2D eigenvalue weighted by atomic mass is 35.5. The monoisotopic (exact) mass is 339 g/mol. The van der Waals surface area contributed by atoms with Crippen molar-refractivity contribution in [2.24, 2.45) is 5.92 Å². The molecule has 2 rings (SSSR count). The summed E-state index contributed by atoms with van der Waals surface area (Å²) in [7, 11) is 0. The third-order valence-electron chi connectivity index (χ3n) is 4.06. The zero-order chi connectivity index (χ0) is 16.9. The maximum atomic E-state index is 12.7. The Labute approximate surface area is 143 Å². The second kappa shape index (κ2) is 8.02. The van der Waals surface area contributed by atoms with Crippen LogP contribution in [-0.2, 0) is 9.53 Å². The summed E-state index contributed by atoms with van der Waals surface area (Å²) in [5, 5.41) is 3.43. The van der Waals surface area contributed by atoms with Crippen molar-refractivity contribution in [3.05, 3.63) is 23.2 Å². The summed E-state index contributed by atoms with van der Waals surface area (Å²) in [6, 6.07) is 5.31. The van der Waals surface area contributed by atoms with Gasteiger partial charge >= 0.3 is 0 Å². The van der Waals surface area contributed by atoms with Crippen LogP contribution < -0.4 is 10.1 Å². The molecule has 1 aliphatic rings. The number of amides is 1. The second-order valence-corrected chi connectivity index (χ2v) is 6.58. The van der Waals surface area contributed by atoms with Crippen LogP contribution in [0.15, 0.2) is 18.2 Å². The van der Waals surface area contributed by atoms with Crippen molar-refractivity contribution in [1.82, 2.24) is 0 Å². The van der Waals surface area contributed by atoms with E-state index >= 15 is 0 Å². The summed E-state index contributed by atoms with van der Waals surface area (Å²) < 4.78 is 11.4. The molecule has 0 aliphatic heterocycles. The van der Waals surface area contributed by atoms with E-state index in [9.17, 15) is 4.79 Å². The Morgan fingerprint density at radius 3 is 2.57 bits per heavy atom. The number of nitrogens with one attached hydrogen (secondary N) is 1. The van der Waals surface area contributed by atoms with Crippen LogP contribution in [0.5, 0.6) is 5.75 Å². The summed E-state index contributed by atoms with van der Waals surface area (Å²) in [4.78, 5) is 12.7. The van der Waals surface area contributed by atoms with Gasteiger partial charge in [-0.1, -0.05) is 25.4 Å². The van der Waals surface area contributed by atoms with E-state index in [-0.39, 0.29) is 5.91 Å². The van der Waals surface area contributed by atoms with E-state index < -0.39 is 5.60 Å². The van der Waals surface area contributed by atoms with Crippen LogP contribution in [0.1, 0.15) is 46.5 Å². The highest BCUT2D eigenvalue weighted by Crippen LogP contribution is 2.42. The van der Waals surface area contributed by atoms with Gasteiger partial charge in [0.25, 0.3) is 5.91 Å². The smallest absolute Gasteiger partial charge is 0.256 e. The second-order valence-electron chi connectivity index (χ2n) is 6.18. The van der Waals surface area contributed by atoms with Crippen molar-refractivity contribution >= 4 is 23.2 Å². The van der Waals surface area contributed by atoms with E-state index in [4.69, 9.17) is 21.1 Å². The van der Waals surface area contributed by atoms with E-state index in [0.717, 1.165) is 25.7 Å². The molecule has 1 saturated carbocycles. The molecule has 4 nitrogen and oxygen atoms in total. The first-order valence-corrected chi connectivity index (χ1v) is 8.76. The van der Waals surface area contributed by atoms with Gasteiger partial charge in [0.2, 0.25) is 0 Å². The van der Waals surface area contributed by atoms with Crippen molar-refractivity contribution in [3.63, 3.8) is 0 Å². The molecule has 1 N–H and O–H groups in total. The van der Waals surface area contributed by atoms with Crippen LogP contribution in [0.2, 0.25) is 5.02 Å². The van der Waals surface area contributed by atoms with Gasteiger partial charge in [0.15, 0.2) is 0 Å². The molecule has 1 fully saturated rings. The maximum Gasteiger partial charge on any atom is 0.256 e. The fraction of sp³-hybridized carbons (Fsp3) is 0.611. The Hall–Kier alpha value is -1.26. The summed E-state index contributed by atoms with van der Waals surface area (Å²) in [6.07, 6.45) is 3.89. The molecule has 1 amide bonds. The molecule has 0 heterocycles. The molecule has 0 radical (unpaired) electrons.